The van der Waals surface area contributed by atoms with E-state index >= 15 is 0 Å². The molecule has 3 amide bonds. The Hall–Kier alpha value is -2.22. The molecule has 8 heteroatoms. The molecule has 1 aliphatic carbocycles. The second kappa shape index (κ2) is 8.21. The minimum Gasteiger partial charge on any atom is -0.462 e. The molecule has 0 aromatic carbocycles. The number of ether oxygens (including phenoxy) is 1. The van der Waals surface area contributed by atoms with Crippen molar-refractivity contribution in [3.8, 4) is 0 Å². The highest BCUT2D eigenvalue weighted by Crippen LogP contribution is 2.38. The van der Waals surface area contributed by atoms with Gasteiger partial charge in [0.15, 0.2) is 0 Å². The number of nitrogens with zero attached hydrogens (tertiary/aromatic N) is 1. The van der Waals surface area contributed by atoms with Crippen molar-refractivity contribution < 1.29 is 23.9 Å². The number of carbonyl (C=O) groups is 4. The summed E-state index contributed by atoms with van der Waals surface area (Å²) in [4.78, 5) is 50.7. The Balaban J connectivity index is 1.56. The van der Waals surface area contributed by atoms with Crippen molar-refractivity contribution in [2.45, 2.75) is 46.0 Å². The van der Waals surface area contributed by atoms with E-state index in [1.807, 2.05) is 0 Å². The Morgan fingerprint density at radius 1 is 1.22 bits per heavy atom. The van der Waals surface area contributed by atoms with E-state index in [-0.39, 0.29) is 49.1 Å². The van der Waals surface area contributed by atoms with Gasteiger partial charge in [0.25, 0.3) is 0 Å². The molecule has 146 valence electrons. The molecule has 0 radical (unpaired) electrons. The third-order valence-corrected chi connectivity index (χ3v) is 6.27. The molecule has 2 fully saturated rings. The Morgan fingerprint density at radius 2 is 1.85 bits per heavy atom. The van der Waals surface area contributed by atoms with Crippen molar-refractivity contribution >= 4 is 40.0 Å². The highest BCUT2D eigenvalue weighted by atomic mass is 32.1. The Labute approximate surface area is 162 Å². The first-order valence-corrected chi connectivity index (χ1v) is 10.2. The number of amides is 3. The molecule has 1 N–H and O–H groups in total. The molecule has 2 aliphatic rings. The van der Waals surface area contributed by atoms with Gasteiger partial charge in [0, 0.05) is 13.0 Å². The van der Waals surface area contributed by atoms with Crippen molar-refractivity contribution in [1.82, 2.24) is 4.90 Å². The first-order chi connectivity index (χ1) is 12.9. The number of aryl methyl sites for hydroxylation is 1. The molecule has 0 spiro atoms. The van der Waals surface area contributed by atoms with E-state index in [9.17, 15) is 19.2 Å². The van der Waals surface area contributed by atoms with Crippen LogP contribution < -0.4 is 5.32 Å². The zero-order valence-electron chi connectivity index (χ0n) is 15.6. The van der Waals surface area contributed by atoms with Crippen LogP contribution >= 0.6 is 11.3 Å². The van der Waals surface area contributed by atoms with Crippen LogP contribution in [0.4, 0.5) is 5.00 Å². The van der Waals surface area contributed by atoms with Crippen LogP contribution in [0, 0.1) is 18.8 Å². The number of hydrogen-bond acceptors (Lipinski definition) is 6. The molecular weight excluding hydrogens is 368 g/mol. The monoisotopic (exact) mass is 392 g/mol. The van der Waals surface area contributed by atoms with Gasteiger partial charge in [0.1, 0.15) is 4.88 Å². The van der Waals surface area contributed by atoms with Crippen molar-refractivity contribution in [1.29, 1.82) is 0 Å². The largest absolute Gasteiger partial charge is 0.462 e. The summed E-state index contributed by atoms with van der Waals surface area (Å²) >= 11 is 1.16. The lowest BCUT2D eigenvalue weighted by Crippen LogP contribution is -2.34. The second-order valence-electron chi connectivity index (χ2n) is 6.97. The molecule has 1 aliphatic heterocycles. The quantitative estimate of drug-likeness (QED) is 0.594. The van der Waals surface area contributed by atoms with Crippen molar-refractivity contribution in [3.05, 3.63) is 16.5 Å². The van der Waals surface area contributed by atoms with Crippen LogP contribution in [-0.4, -0.2) is 41.7 Å². The maximum atomic E-state index is 12.4. The molecule has 3 rings (SSSR count). The van der Waals surface area contributed by atoms with Crippen LogP contribution in [0.1, 0.15) is 54.3 Å². The number of thiophene rings is 1. The van der Waals surface area contributed by atoms with Gasteiger partial charge in [0.2, 0.25) is 17.7 Å². The molecule has 2 heterocycles. The minimum absolute atomic E-state index is 0.0443. The number of likely N-dealkylation sites (tertiary alicyclic amines) is 1. The van der Waals surface area contributed by atoms with Crippen LogP contribution in [0.3, 0.4) is 0 Å². The van der Waals surface area contributed by atoms with Crippen LogP contribution in [0.5, 0.6) is 0 Å². The van der Waals surface area contributed by atoms with Gasteiger partial charge in [0.05, 0.1) is 23.4 Å². The number of rotatable bonds is 6. The smallest absolute Gasteiger partial charge is 0.348 e. The van der Waals surface area contributed by atoms with Gasteiger partial charge in [-0.1, -0.05) is 12.8 Å². The molecule has 27 heavy (non-hydrogen) atoms. The predicted molar refractivity (Wildman–Crippen MR) is 100 cm³/mol. The van der Waals surface area contributed by atoms with E-state index in [1.165, 1.54) is 4.90 Å². The van der Waals surface area contributed by atoms with E-state index in [0.717, 1.165) is 42.6 Å². The average Bonchev–Trinajstić information content (AvgIpc) is 3.12. The molecule has 2 atom stereocenters. The molecule has 0 bridgehead atoms. The van der Waals surface area contributed by atoms with Gasteiger partial charge in [-0.25, -0.2) is 4.79 Å². The third-order valence-electron chi connectivity index (χ3n) is 5.14. The maximum Gasteiger partial charge on any atom is 0.348 e. The minimum atomic E-state index is -0.406. The molecule has 1 aromatic heterocycles. The van der Waals surface area contributed by atoms with Gasteiger partial charge in [-0.15, -0.1) is 11.3 Å². The van der Waals surface area contributed by atoms with E-state index in [2.05, 4.69) is 5.32 Å². The number of anilines is 1. The predicted octanol–water partition coefficient (Wildman–Crippen LogP) is 2.74. The van der Waals surface area contributed by atoms with Gasteiger partial charge in [-0.3, -0.25) is 19.3 Å². The van der Waals surface area contributed by atoms with Crippen molar-refractivity contribution in [2.75, 3.05) is 18.5 Å². The fourth-order valence-electron chi connectivity index (χ4n) is 3.81. The molecule has 2 unspecified atom stereocenters. The first kappa shape index (κ1) is 19.5. The summed E-state index contributed by atoms with van der Waals surface area (Å²) in [6.45, 7) is 3.91. The van der Waals surface area contributed by atoms with Gasteiger partial charge in [-0.05, 0) is 38.3 Å². The van der Waals surface area contributed by atoms with E-state index in [1.54, 1.807) is 19.9 Å². The molecule has 1 aromatic rings. The molecule has 1 saturated heterocycles. The summed E-state index contributed by atoms with van der Waals surface area (Å²) < 4.78 is 4.99. The number of carbonyl (C=O) groups excluding carboxylic acids is 4. The lowest BCUT2D eigenvalue weighted by molar-refractivity contribution is -0.140. The SMILES string of the molecule is CCOC(=O)c1sc(NC(=O)CCN2C(=O)C3CCCCC3C2=O)cc1C. The fourth-order valence-corrected chi connectivity index (χ4v) is 4.79. The van der Waals surface area contributed by atoms with E-state index in [4.69, 9.17) is 4.74 Å². The number of nitrogens with one attached hydrogen (secondary N) is 1. The second-order valence-corrected chi connectivity index (χ2v) is 8.02. The summed E-state index contributed by atoms with van der Waals surface area (Å²) in [5, 5.41) is 3.29. The van der Waals surface area contributed by atoms with Crippen molar-refractivity contribution in [2.24, 2.45) is 11.8 Å². The van der Waals surface area contributed by atoms with E-state index in [0.29, 0.717) is 9.88 Å². The summed E-state index contributed by atoms with van der Waals surface area (Å²) in [7, 11) is 0. The number of fused-ring (bicyclic) bond motifs is 1. The van der Waals surface area contributed by atoms with Crippen LogP contribution in [-0.2, 0) is 19.1 Å². The topological polar surface area (TPSA) is 92.8 Å². The zero-order chi connectivity index (χ0) is 19.6. The summed E-state index contributed by atoms with van der Waals surface area (Å²) in [5.74, 6) is -1.34. The highest BCUT2D eigenvalue weighted by molar-refractivity contribution is 7.18. The Morgan fingerprint density at radius 3 is 2.44 bits per heavy atom. The maximum absolute atomic E-state index is 12.4. The van der Waals surface area contributed by atoms with Crippen LogP contribution in [0.25, 0.3) is 0 Å². The van der Waals surface area contributed by atoms with Gasteiger partial charge in [-0.2, -0.15) is 0 Å². The van der Waals surface area contributed by atoms with Crippen LogP contribution in [0.2, 0.25) is 0 Å². The fraction of sp³-hybridized carbons (Fsp3) is 0.579. The number of hydrogen-bond donors (Lipinski definition) is 1. The zero-order valence-corrected chi connectivity index (χ0v) is 16.4. The standard InChI is InChI=1S/C19H24N2O5S/c1-3-26-19(25)16-11(2)10-15(27-16)20-14(22)8-9-21-17(23)12-6-4-5-7-13(12)18(21)24/h10,12-13H,3-9H2,1-2H3,(H,20,22). The lowest BCUT2D eigenvalue weighted by Gasteiger charge is -2.19. The van der Waals surface area contributed by atoms with Gasteiger partial charge >= 0.3 is 5.97 Å². The van der Waals surface area contributed by atoms with Crippen molar-refractivity contribution in [3.63, 3.8) is 0 Å². The lowest BCUT2D eigenvalue weighted by atomic mass is 9.81. The highest BCUT2D eigenvalue weighted by Gasteiger charge is 2.47. The summed E-state index contributed by atoms with van der Waals surface area (Å²) in [6, 6.07) is 1.72. The Kier molecular flexibility index (Phi) is 5.94. The molecular formula is C19H24N2O5S. The number of imide groups is 1. The average molecular weight is 392 g/mol. The Bertz CT molecular complexity index is 748. The number of esters is 1. The van der Waals surface area contributed by atoms with Crippen LogP contribution in [0.15, 0.2) is 6.07 Å². The first-order valence-electron chi connectivity index (χ1n) is 9.35. The summed E-state index contributed by atoms with van der Waals surface area (Å²) in [6.07, 6.45) is 3.54. The molecule has 7 nitrogen and oxygen atoms in total. The van der Waals surface area contributed by atoms with E-state index < -0.39 is 5.97 Å². The summed E-state index contributed by atoms with van der Waals surface area (Å²) in [5.41, 5.74) is 0.739. The normalized spacial score (nSPS) is 21.9. The molecule has 1 saturated carbocycles. The van der Waals surface area contributed by atoms with Gasteiger partial charge < -0.3 is 10.1 Å². The third kappa shape index (κ3) is 4.05.